The van der Waals surface area contributed by atoms with Crippen molar-refractivity contribution in [1.29, 1.82) is 0 Å². The van der Waals surface area contributed by atoms with Gasteiger partial charge in [-0.15, -0.1) is 0 Å². The molecule has 0 spiro atoms. The molecule has 1 N–H and O–H groups in total. The first kappa shape index (κ1) is 21.1. The number of nitrogens with zero attached hydrogens (tertiary/aromatic N) is 4. The second kappa shape index (κ2) is 9.80. The molecule has 32 heavy (non-hydrogen) atoms. The Balaban J connectivity index is 1.47. The minimum atomic E-state index is -0.238. The lowest BCUT2D eigenvalue weighted by atomic mass is 9.89. The van der Waals surface area contributed by atoms with Crippen LogP contribution in [0.1, 0.15) is 70.3 Å². The standard InChI is InChI=1S/C26H32FN5/c27-21-13-11-20(12-14-21)24-25(32(18-30-24)22-9-5-2-6-10-22)23-15-16-28-26(31-23)29-17-19-7-3-1-4-8-19/h11-16,18-19,22H,1-10,17H2,(H,28,29,31). The van der Waals surface area contributed by atoms with Gasteiger partial charge in [0.15, 0.2) is 0 Å². The van der Waals surface area contributed by atoms with Gasteiger partial charge >= 0.3 is 0 Å². The molecule has 0 aliphatic heterocycles. The lowest BCUT2D eigenvalue weighted by Crippen LogP contribution is -2.18. The van der Waals surface area contributed by atoms with Crippen LogP contribution in [0.3, 0.4) is 0 Å². The molecule has 2 aliphatic rings. The SMILES string of the molecule is Fc1ccc(-c2ncn(C3CCCCC3)c2-c2ccnc(NCC3CCCCC3)n2)cc1. The van der Waals surface area contributed by atoms with Crippen LogP contribution in [0.4, 0.5) is 10.3 Å². The van der Waals surface area contributed by atoms with Crippen molar-refractivity contribution in [2.75, 3.05) is 11.9 Å². The van der Waals surface area contributed by atoms with E-state index in [4.69, 9.17) is 9.97 Å². The van der Waals surface area contributed by atoms with Gasteiger partial charge in [-0.2, -0.15) is 0 Å². The van der Waals surface area contributed by atoms with Gasteiger partial charge in [0.05, 0.1) is 23.4 Å². The normalized spacial score (nSPS) is 18.0. The zero-order valence-electron chi connectivity index (χ0n) is 18.6. The molecule has 1 aromatic carbocycles. The zero-order chi connectivity index (χ0) is 21.8. The van der Waals surface area contributed by atoms with E-state index < -0.39 is 0 Å². The fraction of sp³-hybridized carbons (Fsp3) is 0.500. The van der Waals surface area contributed by atoms with Gasteiger partial charge in [-0.25, -0.2) is 19.3 Å². The van der Waals surface area contributed by atoms with Crippen molar-refractivity contribution in [3.63, 3.8) is 0 Å². The highest BCUT2D eigenvalue weighted by molar-refractivity contribution is 5.77. The highest BCUT2D eigenvalue weighted by Crippen LogP contribution is 2.37. The smallest absolute Gasteiger partial charge is 0.223 e. The number of anilines is 1. The molecular weight excluding hydrogens is 401 g/mol. The molecule has 168 valence electrons. The van der Waals surface area contributed by atoms with Crippen molar-refractivity contribution in [1.82, 2.24) is 19.5 Å². The Morgan fingerprint density at radius 3 is 2.34 bits per heavy atom. The maximum absolute atomic E-state index is 13.6. The maximum atomic E-state index is 13.6. The van der Waals surface area contributed by atoms with E-state index in [2.05, 4.69) is 14.9 Å². The Bertz CT molecular complexity index is 1020. The third-order valence-electron chi connectivity index (χ3n) is 7.05. The van der Waals surface area contributed by atoms with E-state index in [1.165, 1.54) is 63.5 Å². The van der Waals surface area contributed by atoms with Crippen LogP contribution in [0.25, 0.3) is 22.6 Å². The van der Waals surface area contributed by atoms with Crippen LogP contribution in [0, 0.1) is 11.7 Å². The molecule has 0 bridgehead atoms. The van der Waals surface area contributed by atoms with Crippen molar-refractivity contribution in [2.45, 2.75) is 70.3 Å². The van der Waals surface area contributed by atoms with Crippen molar-refractivity contribution >= 4 is 5.95 Å². The first-order chi connectivity index (χ1) is 15.8. The second-order valence-electron chi connectivity index (χ2n) is 9.30. The molecule has 0 saturated heterocycles. The Labute approximate surface area is 189 Å². The summed E-state index contributed by atoms with van der Waals surface area (Å²) in [5, 5.41) is 3.48. The monoisotopic (exact) mass is 433 g/mol. The van der Waals surface area contributed by atoms with Crippen molar-refractivity contribution in [3.05, 3.63) is 48.7 Å². The summed E-state index contributed by atoms with van der Waals surface area (Å²) < 4.78 is 15.9. The molecule has 2 fully saturated rings. The average Bonchev–Trinajstić information content (AvgIpc) is 3.30. The van der Waals surface area contributed by atoms with Gasteiger partial charge in [-0.05, 0) is 61.9 Å². The highest BCUT2D eigenvalue weighted by Gasteiger charge is 2.23. The topological polar surface area (TPSA) is 55.6 Å². The number of hydrogen-bond acceptors (Lipinski definition) is 4. The van der Waals surface area contributed by atoms with Gasteiger partial charge in [-0.3, -0.25) is 0 Å². The molecule has 0 atom stereocenters. The molecule has 0 unspecified atom stereocenters. The van der Waals surface area contributed by atoms with E-state index in [-0.39, 0.29) is 5.82 Å². The average molecular weight is 434 g/mol. The van der Waals surface area contributed by atoms with Gasteiger partial charge in [0.25, 0.3) is 0 Å². The minimum absolute atomic E-state index is 0.238. The number of benzene rings is 1. The summed E-state index contributed by atoms with van der Waals surface area (Å²) in [6.07, 6.45) is 16.5. The van der Waals surface area contributed by atoms with Gasteiger partial charge < -0.3 is 9.88 Å². The molecular formula is C26H32FN5. The van der Waals surface area contributed by atoms with Crippen LogP contribution >= 0.6 is 0 Å². The number of rotatable bonds is 6. The summed E-state index contributed by atoms with van der Waals surface area (Å²) >= 11 is 0. The number of halogens is 1. The second-order valence-corrected chi connectivity index (χ2v) is 9.30. The molecule has 5 nitrogen and oxygen atoms in total. The summed E-state index contributed by atoms with van der Waals surface area (Å²) in [6.45, 7) is 0.927. The number of hydrogen-bond donors (Lipinski definition) is 1. The van der Waals surface area contributed by atoms with Crippen molar-refractivity contribution in [3.8, 4) is 22.6 Å². The predicted molar refractivity (Wildman–Crippen MR) is 126 cm³/mol. The molecule has 3 aromatic rings. The van der Waals surface area contributed by atoms with Crippen molar-refractivity contribution < 1.29 is 4.39 Å². The fourth-order valence-corrected chi connectivity index (χ4v) is 5.27. The van der Waals surface area contributed by atoms with E-state index >= 15 is 0 Å². The number of aromatic nitrogens is 4. The molecule has 2 aromatic heterocycles. The van der Waals surface area contributed by atoms with E-state index in [1.54, 1.807) is 12.1 Å². The Kier molecular flexibility index (Phi) is 6.46. The van der Waals surface area contributed by atoms with Gasteiger partial charge in [0.1, 0.15) is 5.82 Å². The van der Waals surface area contributed by atoms with Crippen LogP contribution in [-0.4, -0.2) is 26.1 Å². The predicted octanol–water partition coefficient (Wildman–Crippen LogP) is 6.64. The maximum Gasteiger partial charge on any atom is 0.223 e. The molecule has 0 radical (unpaired) electrons. The Hall–Kier alpha value is -2.76. The Morgan fingerprint density at radius 2 is 1.59 bits per heavy atom. The van der Waals surface area contributed by atoms with Crippen molar-refractivity contribution in [2.24, 2.45) is 5.92 Å². The summed E-state index contributed by atoms with van der Waals surface area (Å²) in [5.74, 6) is 1.14. The van der Waals surface area contributed by atoms with Crippen LogP contribution < -0.4 is 5.32 Å². The number of imidazole rings is 1. The molecule has 2 aliphatic carbocycles. The largest absolute Gasteiger partial charge is 0.354 e. The molecule has 0 amide bonds. The van der Waals surface area contributed by atoms with Gasteiger partial charge in [0.2, 0.25) is 5.95 Å². The van der Waals surface area contributed by atoms with Gasteiger partial charge in [0, 0.05) is 24.3 Å². The first-order valence-electron chi connectivity index (χ1n) is 12.2. The molecule has 2 saturated carbocycles. The summed E-state index contributed by atoms with van der Waals surface area (Å²) in [6, 6.07) is 8.99. The third-order valence-corrected chi connectivity index (χ3v) is 7.05. The Morgan fingerprint density at radius 1 is 0.875 bits per heavy atom. The minimum Gasteiger partial charge on any atom is -0.354 e. The molecule has 5 rings (SSSR count). The van der Waals surface area contributed by atoms with E-state index in [1.807, 2.05) is 18.6 Å². The van der Waals surface area contributed by atoms with Crippen LogP contribution in [0.5, 0.6) is 0 Å². The van der Waals surface area contributed by atoms with Crippen LogP contribution in [0.2, 0.25) is 0 Å². The van der Waals surface area contributed by atoms with E-state index in [9.17, 15) is 4.39 Å². The quantitative estimate of drug-likeness (QED) is 0.473. The highest BCUT2D eigenvalue weighted by atomic mass is 19.1. The lowest BCUT2D eigenvalue weighted by Gasteiger charge is -2.25. The first-order valence-corrected chi connectivity index (χ1v) is 12.2. The number of nitrogens with one attached hydrogen (secondary N) is 1. The van der Waals surface area contributed by atoms with E-state index in [0.717, 1.165) is 42.0 Å². The fourth-order valence-electron chi connectivity index (χ4n) is 5.27. The van der Waals surface area contributed by atoms with E-state index in [0.29, 0.717) is 17.9 Å². The van der Waals surface area contributed by atoms with Crippen LogP contribution in [-0.2, 0) is 0 Å². The summed E-state index contributed by atoms with van der Waals surface area (Å²) in [4.78, 5) is 14.2. The zero-order valence-corrected chi connectivity index (χ0v) is 18.6. The summed E-state index contributed by atoms with van der Waals surface area (Å²) in [5.41, 5.74) is 3.64. The van der Waals surface area contributed by atoms with Crippen LogP contribution in [0.15, 0.2) is 42.9 Å². The summed E-state index contributed by atoms with van der Waals surface area (Å²) in [7, 11) is 0. The molecule has 6 heteroatoms. The third kappa shape index (κ3) is 4.69. The van der Waals surface area contributed by atoms with Gasteiger partial charge in [-0.1, -0.05) is 38.5 Å². The molecule has 2 heterocycles. The lowest BCUT2D eigenvalue weighted by molar-refractivity contribution is 0.355.